The van der Waals surface area contributed by atoms with Crippen molar-refractivity contribution in [3.63, 3.8) is 0 Å². The molecule has 19 heavy (non-hydrogen) atoms. The molecule has 2 aromatic carbocycles. The van der Waals surface area contributed by atoms with E-state index in [0.717, 1.165) is 18.4 Å². The van der Waals surface area contributed by atoms with Gasteiger partial charge in [0.05, 0.1) is 0 Å². The lowest BCUT2D eigenvalue weighted by molar-refractivity contribution is 0.475. The van der Waals surface area contributed by atoms with Gasteiger partial charge in [-0.05, 0) is 41.8 Å². The molecule has 0 fully saturated rings. The third kappa shape index (κ3) is 3.80. The molecule has 2 aromatic rings. The minimum atomic E-state index is -0.333. The lowest BCUT2D eigenvalue weighted by Crippen LogP contribution is -1.97. The normalized spacial score (nSPS) is 10.5. The molecule has 0 amide bonds. The summed E-state index contributed by atoms with van der Waals surface area (Å²) in [4.78, 5) is 0. The third-order valence-corrected chi connectivity index (χ3v) is 2.86. The van der Waals surface area contributed by atoms with Gasteiger partial charge in [0, 0.05) is 12.6 Å². The molecular weight excluding hydrogens is 241 g/mol. The van der Waals surface area contributed by atoms with Crippen LogP contribution in [0.4, 0.5) is 4.39 Å². The molecule has 2 N–H and O–H groups in total. The van der Waals surface area contributed by atoms with Crippen LogP contribution in [0.1, 0.15) is 24.5 Å². The fourth-order valence-corrected chi connectivity index (χ4v) is 1.95. The highest BCUT2D eigenvalue weighted by Gasteiger charge is 2.02. The van der Waals surface area contributed by atoms with Crippen LogP contribution >= 0.6 is 0 Å². The summed E-state index contributed by atoms with van der Waals surface area (Å²) in [6, 6.07) is 12.4. The first kappa shape index (κ1) is 13.6. The van der Waals surface area contributed by atoms with Crippen molar-refractivity contribution in [2.24, 2.45) is 5.73 Å². The molecular formula is C16H18FNO. The highest BCUT2D eigenvalue weighted by Crippen LogP contribution is 2.24. The number of nitrogens with two attached hydrogens (primary N) is 1. The lowest BCUT2D eigenvalue weighted by atomic mass is 10.1. The molecule has 0 unspecified atom stereocenters. The summed E-state index contributed by atoms with van der Waals surface area (Å²) >= 11 is 0. The van der Waals surface area contributed by atoms with Crippen LogP contribution in [0.3, 0.4) is 0 Å². The van der Waals surface area contributed by atoms with Gasteiger partial charge in [-0.2, -0.15) is 0 Å². The van der Waals surface area contributed by atoms with Crippen LogP contribution in [0.2, 0.25) is 0 Å². The molecule has 0 saturated heterocycles. The van der Waals surface area contributed by atoms with E-state index >= 15 is 0 Å². The Morgan fingerprint density at radius 2 is 1.74 bits per heavy atom. The quantitative estimate of drug-likeness (QED) is 0.879. The molecule has 2 rings (SSSR count). The third-order valence-electron chi connectivity index (χ3n) is 2.86. The standard InChI is InChI=1S/C16H18FNO/c1-2-3-12-4-6-15(7-5-12)19-16-9-13(11-18)8-14(17)10-16/h4-10H,2-3,11,18H2,1H3. The van der Waals surface area contributed by atoms with Gasteiger partial charge in [0.15, 0.2) is 0 Å². The fourth-order valence-electron chi connectivity index (χ4n) is 1.95. The number of ether oxygens (including phenoxy) is 1. The molecule has 0 aliphatic heterocycles. The number of hydrogen-bond acceptors (Lipinski definition) is 2. The predicted octanol–water partition coefficient (Wildman–Crippen LogP) is 4.03. The fraction of sp³-hybridized carbons (Fsp3) is 0.250. The minimum absolute atomic E-state index is 0.295. The van der Waals surface area contributed by atoms with E-state index in [1.54, 1.807) is 6.07 Å². The molecule has 0 bridgehead atoms. The second kappa shape index (κ2) is 6.34. The number of halogens is 1. The molecule has 0 heterocycles. The summed E-state index contributed by atoms with van der Waals surface area (Å²) in [5, 5.41) is 0. The van der Waals surface area contributed by atoms with Crippen molar-refractivity contribution in [1.29, 1.82) is 0 Å². The molecule has 100 valence electrons. The van der Waals surface area contributed by atoms with Crippen LogP contribution in [-0.2, 0) is 13.0 Å². The van der Waals surface area contributed by atoms with Gasteiger partial charge >= 0.3 is 0 Å². The van der Waals surface area contributed by atoms with E-state index in [0.29, 0.717) is 18.0 Å². The summed E-state index contributed by atoms with van der Waals surface area (Å²) < 4.78 is 19.0. The van der Waals surface area contributed by atoms with E-state index in [4.69, 9.17) is 10.5 Å². The SMILES string of the molecule is CCCc1ccc(Oc2cc(F)cc(CN)c2)cc1. The van der Waals surface area contributed by atoms with Gasteiger partial charge < -0.3 is 10.5 Å². The maximum Gasteiger partial charge on any atom is 0.130 e. The molecule has 0 radical (unpaired) electrons. The molecule has 0 atom stereocenters. The van der Waals surface area contributed by atoms with Crippen molar-refractivity contribution in [2.75, 3.05) is 0 Å². The van der Waals surface area contributed by atoms with Crippen LogP contribution in [-0.4, -0.2) is 0 Å². The Morgan fingerprint density at radius 3 is 2.37 bits per heavy atom. The first-order chi connectivity index (χ1) is 9.21. The van der Waals surface area contributed by atoms with Gasteiger partial charge in [0.25, 0.3) is 0 Å². The van der Waals surface area contributed by atoms with E-state index in [2.05, 4.69) is 6.92 Å². The van der Waals surface area contributed by atoms with Gasteiger partial charge in [0.2, 0.25) is 0 Å². The maximum absolute atomic E-state index is 13.3. The van der Waals surface area contributed by atoms with E-state index in [1.165, 1.54) is 17.7 Å². The van der Waals surface area contributed by atoms with Gasteiger partial charge in [-0.15, -0.1) is 0 Å². The molecule has 2 nitrogen and oxygen atoms in total. The topological polar surface area (TPSA) is 35.2 Å². The van der Waals surface area contributed by atoms with Crippen molar-refractivity contribution < 1.29 is 9.13 Å². The van der Waals surface area contributed by atoms with Crippen molar-refractivity contribution in [3.05, 3.63) is 59.4 Å². The summed E-state index contributed by atoms with van der Waals surface area (Å²) in [6.45, 7) is 2.44. The van der Waals surface area contributed by atoms with Gasteiger partial charge in [-0.25, -0.2) is 4.39 Å². The smallest absolute Gasteiger partial charge is 0.130 e. The molecule has 0 saturated carbocycles. The van der Waals surface area contributed by atoms with Crippen molar-refractivity contribution >= 4 is 0 Å². The minimum Gasteiger partial charge on any atom is -0.457 e. The summed E-state index contributed by atoms with van der Waals surface area (Å²) in [5.41, 5.74) is 7.51. The van der Waals surface area contributed by atoms with Crippen molar-refractivity contribution in [2.45, 2.75) is 26.3 Å². The second-order valence-electron chi connectivity index (χ2n) is 4.50. The number of hydrogen-bond donors (Lipinski definition) is 1. The molecule has 0 aliphatic rings. The molecule has 0 aromatic heterocycles. The van der Waals surface area contributed by atoms with Crippen LogP contribution in [0, 0.1) is 5.82 Å². The van der Waals surface area contributed by atoms with Gasteiger partial charge in [-0.3, -0.25) is 0 Å². The van der Waals surface area contributed by atoms with Crippen molar-refractivity contribution in [1.82, 2.24) is 0 Å². The Labute approximate surface area is 113 Å². The van der Waals surface area contributed by atoms with Crippen LogP contribution in [0.5, 0.6) is 11.5 Å². The Balaban J connectivity index is 2.14. The van der Waals surface area contributed by atoms with E-state index < -0.39 is 0 Å². The zero-order valence-electron chi connectivity index (χ0n) is 11.0. The van der Waals surface area contributed by atoms with Gasteiger partial charge in [0.1, 0.15) is 17.3 Å². The van der Waals surface area contributed by atoms with E-state index in [1.807, 2.05) is 24.3 Å². The monoisotopic (exact) mass is 259 g/mol. The summed E-state index contributed by atoms with van der Waals surface area (Å²) in [5.74, 6) is 0.845. The van der Waals surface area contributed by atoms with Crippen LogP contribution < -0.4 is 10.5 Å². The van der Waals surface area contributed by atoms with Crippen LogP contribution in [0.25, 0.3) is 0 Å². The maximum atomic E-state index is 13.3. The highest BCUT2D eigenvalue weighted by atomic mass is 19.1. The Hall–Kier alpha value is -1.87. The number of benzene rings is 2. The largest absolute Gasteiger partial charge is 0.457 e. The molecule has 0 aliphatic carbocycles. The average Bonchev–Trinajstić information content (AvgIpc) is 2.40. The first-order valence-electron chi connectivity index (χ1n) is 6.47. The summed E-state index contributed by atoms with van der Waals surface area (Å²) in [7, 11) is 0. The Kier molecular flexibility index (Phi) is 4.53. The zero-order valence-corrected chi connectivity index (χ0v) is 11.0. The van der Waals surface area contributed by atoms with Crippen molar-refractivity contribution in [3.8, 4) is 11.5 Å². The lowest BCUT2D eigenvalue weighted by Gasteiger charge is -2.08. The van der Waals surface area contributed by atoms with Crippen LogP contribution in [0.15, 0.2) is 42.5 Å². The van der Waals surface area contributed by atoms with E-state index in [-0.39, 0.29) is 5.82 Å². The highest BCUT2D eigenvalue weighted by molar-refractivity contribution is 5.35. The second-order valence-corrected chi connectivity index (χ2v) is 4.50. The Morgan fingerprint density at radius 1 is 1.00 bits per heavy atom. The predicted molar refractivity (Wildman–Crippen MR) is 74.8 cm³/mol. The van der Waals surface area contributed by atoms with E-state index in [9.17, 15) is 4.39 Å². The zero-order chi connectivity index (χ0) is 13.7. The summed E-state index contributed by atoms with van der Waals surface area (Å²) in [6.07, 6.45) is 2.17. The average molecular weight is 259 g/mol. The first-order valence-corrected chi connectivity index (χ1v) is 6.47. The molecule has 0 spiro atoms. The number of rotatable bonds is 5. The van der Waals surface area contributed by atoms with Gasteiger partial charge in [-0.1, -0.05) is 25.5 Å². The Bertz CT molecular complexity index is 537. The number of aryl methyl sites for hydroxylation is 1. The molecule has 3 heteroatoms.